The third kappa shape index (κ3) is 1.24. The molecule has 0 saturated carbocycles. The number of benzene rings is 1. The molecule has 1 aromatic rings. The molecule has 0 bridgehead atoms. The molecule has 0 atom stereocenters. The van der Waals surface area contributed by atoms with Crippen LogP contribution in [0.1, 0.15) is 12.8 Å². The van der Waals surface area contributed by atoms with E-state index in [0.717, 1.165) is 31.6 Å². The summed E-state index contributed by atoms with van der Waals surface area (Å²) in [6.07, 6.45) is 2.14. The Labute approximate surface area is 72.6 Å². The van der Waals surface area contributed by atoms with Crippen LogP contribution < -0.4 is 4.65 Å². The first-order valence-corrected chi connectivity index (χ1v) is 4.45. The van der Waals surface area contributed by atoms with Crippen molar-refractivity contribution in [2.45, 2.75) is 12.8 Å². The van der Waals surface area contributed by atoms with Gasteiger partial charge in [0.05, 0.1) is 13.1 Å². The van der Waals surface area contributed by atoms with Crippen LogP contribution >= 0.6 is 0 Å². The summed E-state index contributed by atoms with van der Waals surface area (Å²) in [4.78, 5) is 0. The van der Waals surface area contributed by atoms with Crippen LogP contribution in [0.3, 0.4) is 0 Å². The van der Waals surface area contributed by atoms with Crippen LogP contribution in [0.25, 0.3) is 0 Å². The number of para-hydroxylation sites is 1. The van der Waals surface area contributed by atoms with Crippen LogP contribution in [-0.2, 0) is 0 Å². The van der Waals surface area contributed by atoms with Crippen molar-refractivity contribution in [3.63, 3.8) is 0 Å². The molecule has 1 fully saturated rings. The van der Waals surface area contributed by atoms with Gasteiger partial charge in [-0.25, -0.2) is 0 Å². The van der Waals surface area contributed by atoms with E-state index in [2.05, 4.69) is 0 Å². The summed E-state index contributed by atoms with van der Waals surface area (Å²) in [7, 11) is 0. The van der Waals surface area contributed by atoms with E-state index in [-0.39, 0.29) is 4.65 Å². The zero-order valence-electron chi connectivity index (χ0n) is 7.07. The van der Waals surface area contributed by atoms with Gasteiger partial charge in [-0.1, -0.05) is 18.2 Å². The van der Waals surface area contributed by atoms with Gasteiger partial charge in [0.1, 0.15) is 5.69 Å². The number of quaternary nitrogens is 1. The summed E-state index contributed by atoms with van der Waals surface area (Å²) in [5.74, 6) is 0. The summed E-state index contributed by atoms with van der Waals surface area (Å²) in [5.41, 5.74) is 0.912. The topological polar surface area (TPSA) is 23.1 Å². The van der Waals surface area contributed by atoms with E-state index in [1.807, 2.05) is 30.3 Å². The molecule has 1 saturated heterocycles. The Morgan fingerprint density at radius 2 is 1.58 bits per heavy atom. The van der Waals surface area contributed by atoms with E-state index in [9.17, 15) is 5.21 Å². The maximum atomic E-state index is 12.0. The first kappa shape index (κ1) is 7.77. The number of hydroxylamine groups is 2. The Kier molecular flexibility index (Phi) is 1.87. The molecule has 2 nitrogen and oxygen atoms in total. The maximum Gasteiger partial charge on any atom is 0.132 e. The predicted octanol–water partition coefficient (Wildman–Crippen LogP) is 2.29. The van der Waals surface area contributed by atoms with Gasteiger partial charge < -0.3 is 9.85 Å². The summed E-state index contributed by atoms with van der Waals surface area (Å²) in [6, 6.07) is 9.68. The average Bonchev–Trinajstić information content (AvgIpc) is 2.55. The van der Waals surface area contributed by atoms with E-state index in [4.69, 9.17) is 0 Å². The van der Waals surface area contributed by atoms with Crippen molar-refractivity contribution in [2.24, 2.45) is 0 Å². The largest absolute Gasteiger partial charge is 0.627 e. The highest BCUT2D eigenvalue weighted by Crippen LogP contribution is 2.27. The molecule has 0 unspecified atom stereocenters. The molecule has 2 heteroatoms. The molecule has 64 valence electrons. The number of nitrogens with zero attached hydrogens (tertiary/aromatic N) is 1. The molecule has 0 amide bonds. The molecule has 0 N–H and O–H groups in total. The summed E-state index contributed by atoms with van der Waals surface area (Å²) >= 11 is 0. The molecule has 2 rings (SSSR count). The Hall–Kier alpha value is -0.860. The van der Waals surface area contributed by atoms with Gasteiger partial charge in [-0.05, 0) is 12.1 Å². The smallest absolute Gasteiger partial charge is 0.132 e. The lowest BCUT2D eigenvalue weighted by atomic mass is 10.3. The fraction of sp³-hybridized carbons (Fsp3) is 0.400. The van der Waals surface area contributed by atoms with Gasteiger partial charge in [-0.2, -0.15) is 0 Å². The van der Waals surface area contributed by atoms with Crippen LogP contribution in [0.15, 0.2) is 30.3 Å². The molecule has 1 aliphatic heterocycles. The Bertz CT molecular complexity index is 252. The van der Waals surface area contributed by atoms with Crippen molar-refractivity contribution in [3.8, 4) is 0 Å². The number of rotatable bonds is 1. The standard InChI is InChI=1S/C10H13NO/c12-11(8-4-5-9-11)10-6-2-1-3-7-10/h1-3,6-7H,4-5,8-9H2. The van der Waals surface area contributed by atoms with Crippen molar-refractivity contribution in [1.29, 1.82) is 0 Å². The van der Waals surface area contributed by atoms with Gasteiger partial charge in [0, 0.05) is 12.8 Å². The fourth-order valence-electron chi connectivity index (χ4n) is 1.80. The minimum absolute atomic E-state index is 0.110. The number of hydrogen-bond acceptors (Lipinski definition) is 1. The predicted molar refractivity (Wildman–Crippen MR) is 50.6 cm³/mol. The highest BCUT2D eigenvalue weighted by atomic mass is 16.5. The lowest BCUT2D eigenvalue weighted by molar-refractivity contribution is 0.455. The van der Waals surface area contributed by atoms with Gasteiger partial charge in [0.25, 0.3) is 0 Å². The normalized spacial score (nSPS) is 21.1. The maximum absolute atomic E-state index is 12.0. The lowest BCUT2D eigenvalue weighted by Gasteiger charge is -2.37. The fourth-order valence-corrected chi connectivity index (χ4v) is 1.80. The molecule has 1 heterocycles. The Balaban J connectivity index is 2.29. The highest BCUT2D eigenvalue weighted by Gasteiger charge is 2.24. The SMILES string of the molecule is [O-][N+]1(c2ccccc2)CCCC1. The second kappa shape index (κ2) is 2.88. The molecular formula is C10H13NO. The third-order valence-corrected chi connectivity index (χ3v) is 2.52. The van der Waals surface area contributed by atoms with Crippen LogP contribution in [0.4, 0.5) is 5.69 Å². The highest BCUT2D eigenvalue weighted by molar-refractivity contribution is 5.43. The molecule has 1 aromatic carbocycles. The van der Waals surface area contributed by atoms with Crippen LogP contribution in [0.2, 0.25) is 0 Å². The van der Waals surface area contributed by atoms with Crippen molar-refractivity contribution in [1.82, 2.24) is 4.65 Å². The number of hydrogen-bond donors (Lipinski definition) is 0. The van der Waals surface area contributed by atoms with Gasteiger partial charge in [-0.3, -0.25) is 0 Å². The van der Waals surface area contributed by atoms with Crippen LogP contribution in [0, 0.1) is 5.21 Å². The van der Waals surface area contributed by atoms with Gasteiger partial charge in [0.15, 0.2) is 0 Å². The van der Waals surface area contributed by atoms with Gasteiger partial charge in [0.2, 0.25) is 0 Å². The van der Waals surface area contributed by atoms with E-state index in [1.165, 1.54) is 0 Å². The van der Waals surface area contributed by atoms with E-state index in [1.54, 1.807) is 0 Å². The summed E-state index contributed by atoms with van der Waals surface area (Å²) in [5, 5.41) is 12.0. The van der Waals surface area contributed by atoms with E-state index >= 15 is 0 Å². The molecule has 1 aliphatic rings. The van der Waals surface area contributed by atoms with E-state index in [0.29, 0.717) is 0 Å². The molecule has 12 heavy (non-hydrogen) atoms. The van der Waals surface area contributed by atoms with Crippen molar-refractivity contribution >= 4 is 5.69 Å². The van der Waals surface area contributed by atoms with Crippen molar-refractivity contribution in [3.05, 3.63) is 35.5 Å². The molecule has 0 aromatic heterocycles. The van der Waals surface area contributed by atoms with Gasteiger partial charge in [-0.15, -0.1) is 0 Å². The van der Waals surface area contributed by atoms with E-state index < -0.39 is 0 Å². The van der Waals surface area contributed by atoms with Gasteiger partial charge >= 0.3 is 0 Å². The summed E-state index contributed by atoms with van der Waals surface area (Å²) < 4.78 is -0.110. The Morgan fingerprint density at radius 3 is 2.17 bits per heavy atom. The molecule has 0 aliphatic carbocycles. The minimum Gasteiger partial charge on any atom is -0.627 e. The third-order valence-electron chi connectivity index (χ3n) is 2.52. The van der Waals surface area contributed by atoms with Crippen molar-refractivity contribution < 1.29 is 0 Å². The Morgan fingerprint density at radius 1 is 1.00 bits per heavy atom. The molecule has 0 radical (unpaired) electrons. The molecule has 0 spiro atoms. The second-order valence-corrected chi connectivity index (χ2v) is 3.38. The zero-order chi connectivity index (χ0) is 8.44. The lowest BCUT2D eigenvalue weighted by Crippen LogP contribution is -2.39. The average molecular weight is 163 g/mol. The minimum atomic E-state index is -0.110. The quantitative estimate of drug-likeness (QED) is 0.460. The van der Waals surface area contributed by atoms with Crippen LogP contribution in [0.5, 0.6) is 0 Å². The van der Waals surface area contributed by atoms with Crippen molar-refractivity contribution in [2.75, 3.05) is 13.1 Å². The molecular weight excluding hydrogens is 150 g/mol. The second-order valence-electron chi connectivity index (χ2n) is 3.38. The summed E-state index contributed by atoms with van der Waals surface area (Å²) in [6.45, 7) is 1.51. The van der Waals surface area contributed by atoms with Crippen LogP contribution in [-0.4, -0.2) is 13.1 Å². The first-order valence-electron chi connectivity index (χ1n) is 4.45. The zero-order valence-corrected chi connectivity index (χ0v) is 7.07. The first-order chi connectivity index (χ1) is 5.81. The monoisotopic (exact) mass is 163 g/mol.